The largest absolute Gasteiger partial charge is 0.505 e. The summed E-state index contributed by atoms with van der Waals surface area (Å²) in [7, 11) is 0. The lowest BCUT2D eigenvalue weighted by Gasteiger charge is -2.33. The SMILES string of the molecule is CCc1cccc(N(c2cc(C3CCCCC3)c3ccc4c(N(c5cccc(C)c5)c5cccc(-c6cccc(-c7ccccc7CC)c6)c5O)cc(C5CCCCC5)c5ccc2c3c54)c2cccc3c2oc2c(-c4ccccc4CC)cccc23)c1. The first-order chi connectivity index (χ1) is 42.9. The Morgan fingerprint density at radius 1 is 0.379 bits per heavy atom. The van der Waals surface area contributed by atoms with Gasteiger partial charge in [-0.1, -0.05) is 217 Å². The lowest BCUT2D eigenvalue weighted by Crippen LogP contribution is -2.15. The molecule has 2 fully saturated rings. The smallest absolute Gasteiger partial charge is 0.159 e. The van der Waals surface area contributed by atoms with Gasteiger partial charge in [0.2, 0.25) is 0 Å². The first kappa shape index (κ1) is 54.5. The molecule has 4 heteroatoms. The van der Waals surface area contributed by atoms with Crippen molar-refractivity contribution in [2.75, 3.05) is 9.80 Å². The third-order valence-corrected chi connectivity index (χ3v) is 19.9. The van der Waals surface area contributed by atoms with Crippen LogP contribution < -0.4 is 9.80 Å². The van der Waals surface area contributed by atoms with Crippen molar-refractivity contribution in [2.45, 2.75) is 123 Å². The van der Waals surface area contributed by atoms with Crippen molar-refractivity contribution in [2.24, 2.45) is 0 Å². The van der Waals surface area contributed by atoms with Crippen molar-refractivity contribution in [1.29, 1.82) is 0 Å². The van der Waals surface area contributed by atoms with Gasteiger partial charge in [-0.15, -0.1) is 0 Å². The zero-order valence-corrected chi connectivity index (χ0v) is 50.8. The average Bonchev–Trinajstić information content (AvgIpc) is 0.963. The summed E-state index contributed by atoms with van der Waals surface area (Å²) in [6.45, 7) is 8.91. The van der Waals surface area contributed by atoms with E-state index in [0.29, 0.717) is 11.8 Å². The minimum absolute atomic E-state index is 0.262. The molecule has 0 saturated heterocycles. The van der Waals surface area contributed by atoms with Gasteiger partial charge in [0.1, 0.15) is 11.3 Å². The highest BCUT2D eigenvalue weighted by molar-refractivity contribution is 6.30. The molecule has 0 bridgehead atoms. The summed E-state index contributed by atoms with van der Waals surface area (Å²) in [5, 5.41) is 23.2. The van der Waals surface area contributed by atoms with Gasteiger partial charge in [0.25, 0.3) is 0 Å². The van der Waals surface area contributed by atoms with Gasteiger partial charge in [-0.05, 0) is 195 Å². The first-order valence-corrected chi connectivity index (χ1v) is 32.4. The molecule has 0 unspecified atom stereocenters. The minimum atomic E-state index is 0.262. The van der Waals surface area contributed by atoms with Crippen molar-refractivity contribution >= 4 is 88.4 Å². The Morgan fingerprint density at radius 3 is 1.52 bits per heavy atom. The summed E-state index contributed by atoms with van der Waals surface area (Å²) in [6.07, 6.45) is 14.9. The first-order valence-electron chi connectivity index (χ1n) is 32.4. The van der Waals surface area contributed by atoms with Crippen LogP contribution in [0.2, 0.25) is 0 Å². The summed E-state index contributed by atoms with van der Waals surface area (Å²) in [5.74, 6) is 1.06. The minimum Gasteiger partial charge on any atom is -0.505 e. The second-order valence-corrected chi connectivity index (χ2v) is 25.0. The zero-order chi connectivity index (χ0) is 58.7. The van der Waals surface area contributed by atoms with E-state index in [1.807, 2.05) is 0 Å². The third-order valence-electron chi connectivity index (χ3n) is 19.9. The van der Waals surface area contributed by atoms with Crippen molar-refractivity contribution in [3.05, 3.63) is 246 Å². The third kappa shape index (κ3) is 9.51. The summed E-state index contributed by atoms with van der Waals surface area (Å²) in [6, 6.07) is 79.2. The Bertz CT molecular complexity index is 4720. The number of para-hydroxylation sites is 3. The van der Waals surface area contributed by atoms with Gasteiger partial charge in [-0.2, -0.15) is 0 Å². The molecule has 0 amide bonds. The van der Waals surface area contributed by atoms with E-state index in [2.05, 4.69) is 250 Å². The molecule has 1 N–H and O–H groups in total. The Balaban J connectivity index is 1.02. The van der Waals surface area contributed by atoms with Gasteiger partial charge < -0.3 is 19.3 Å². The van der Waals surface area contributed by atoms with Crippen LogP contribution in [-0.4, -0.2) is 5.11 Å². The standard InChI is InChI=1S/C83H76N2O2/c1-5-54-25-19-35-62(49-54)85(76-43-23-41-70-69-40-21-39-68(82(69)87-83(70)76)64-37-17-15-27-56(64)7-3)78-52-74(58-30-12-9-13-31-58)67-44-46-71-77(51-73(57-28-10-8-11-29-57)66-45-47-72(78)80(67)79(66)71)84(61-34-18-24-53(4)48-61)75-42-22-38-65(81(75)86)60-33-20-32-59(50-60)63-36-16-14-26-55(63)6-2/h14-27,32-52,57-58,86H,5-13,28-31H2,1-4H3. The highest BCUT2D eigenvalue weighted by atomic mass is 16.3. The molecule has 12 aromatic carbocycles. The molecular formula is C83H76N2O2. The van der Waals surface area contributed by atoms with E-state index in [0.717, 1.165) is 110 Å². The lowest BCUT2D eigenvalue weighted by molar-refractivity contribution is 0.445. The fourth-order valence-electron chi connectivity index (χ4n) is 15.6. The Kier molecular flexibility index (Phi) is 14.4. The molecule has 430 valence electrons. The monoisotopic (exact) mass is 1130 g/mol. The zero-order valence-electron chi connectivity index (χ0n) is 50.8. The normalized spacial score (nSPS) is 14.3. The van der Waals surface area contributed by atoms with Gasteiger partial charge >= 0.3 is 0 Å². The van der Waals surface area contributed by atoms with Crippen molar-refractivity contribution in [1.82, 2.24) is 0 Å². The number of rotatable bonds is 14. The number of phenols is 1. The van der Waals surface area contributed by atoms with E-state index in [9.17, 15) is 5.11 Å². The maximum atomic E-state index is 13.2. The lowest BCUT2D eigenvalue weighted by atomic mass is 9.77. The molecule has 15 rings (SSSR count). The maximum Gasteiger partial charge on any atom is 0.159 e. The molecule has 2 saturated carbocycles. The number of fused-ring (bicyclic) bond motifs is 3. The van der Waals surface area contributed by atoms with Crippen LogP contribution in [0.15, 0.2) is 217 Å². The number of benzene rings is 12. The number of aromatic hydroxyl groups is 1. The molecule has 2 aliphatic rings. The average molecular weight is 1130 g/mol. The molecule has 1 aromatic heterocycles. The van der Waals surface area contributed by atoms with Gasteiger partial charge in [0.05, 0.1) is 22.7 Å². The van der Waals surface area contributed by atoms with Gasteiger partial charge in [-0.25, -0.2) is 0 Å². The molecule has 0 radical (unpaired) electrons. The summed E-state index contributed by atoms with van der Waals surface area (Å²) in [5.41, 5.74) is 22.4. The second kappa shape index (κ2) is 23.0. The van der Waals surface area contributed by atoms with Gasteiger partial charge in [0, 0.05) is 44.0 Å². The summed E-state index contributed by atoms with van der Waals surface area (Å²) < 4.78 is 7.45. The van der Waals surface area contributed by atoms with E-state index in [1.54, 1.807) is 0 Å². The van der Waals surface area contributed by atoms with Crippen LogP contribution in [0, 0.1) is 6.92 Å². The molecule has 0 aliphatic heterocycles. The summed E-state index contributed by atoms with van der Waals surface area (Å²) in [4.78, 5) is 4.95. The number of anilines is 6. The van der Waals surface area contributed by atoms with E-state index in [1.165, 1.54) is 128 Å². The van der Waals surface area contributed by atoms with Crippen LogP contribution in [0.5, 0.6) is 5.75 Å². The van der Waals surface area contributed by atoms with E-state index in [-0.39, 0.29) is 5.75 Å². The Hall–Kier alpha value is -9.12. The predicted molar refractivity (Wildman–Crippen MR) is 369 cm³/mol. The number of hydrogen-bond donors (Lipinski definition) is 1. The molecule has 2 aliphatic carbocycles. The fourth-order valence-corrected chi connectivity index (χ4v) is 15.6. The molecule has 13 aromatic rings. The predicted octanol–water partition coefficient (Wildman–Crippen LogP) is 24.2. The van der Waals surface area contributed by atoms with Crippen LogP contribution in [0.1, 0.15) is 130 Å². The number of furan rings is 1. The molecular weight excluding hydrogens is 1060 g/mol. The van der Waals surface area contributed by atoms with Crippen LogP contribution in [0.4, 0.5) is 34.1 Å². The molecule has 4 nitrogen and oxygen atoms in total. The van der Waals surface area contributed by atoms with Crippen molar-refractivity contribution in [3.8, 4) is 39.1 Å². The molecule has 0 atom stereocenters. The van der Waals surface area contributed by atoms with Crippen molar-refractivity contribution < 1.29 is 9.52 Å². The quantitative estimate of drug-likeness (QED) is 0.110. The van der Waals surface area contributed by atoms with Crippen LogP contribution in [-0.2, 0) is 19.3 Å². The number of hydrogen-bond acceptors (Lipinski definition) is 4. The number of phenolic OH excluding ortho intramolecular Hbond substituents is 1. The molecule has 1 heterocycles. The Labute approximate surface area is 512 Å². The fraction of sp³-hybridized carbons (Fsp3) is 0.229. The van der Waals surface area contributed by atoms with Gasteiger partial charge in [-0.3, -0.25) is 0 Å². The number of nitrogens with zero attached hydrogens (tertiary/aromatic N) is 2. The van der Waals surface area contributed by atoms with Crippen LogP contribution in [0.25, 0.3) is 87.6 Å². The van der Waals surface area contributed by atoms with Gasteiger partial charge in [0.15, 0.2) is 5.58 Å². The molecule has 87 heavy (non-hydrogen) atoms. The highest BCUT2D eigenvalue weighted by Gasteiger charge is 2.32. The summed E-state index contributed by atoms with van der Waals surface area (Å²) >= 11 is 0. The molecule has 0 spiro atoms. The van der Waals surface area contributed by atoms with Crippen LogP contribution in [0.3, 0.4) is 0 Å². The highest BCUT2D eigenvalue weighted by Crippen LogP contribution is 2.55. The topological polar surface area (TPSA) is 39.9 Å². The second-order valence-electron chi connectivity index (χ2n) is 25.0. The Morgan fingerprint density at radius 2 is 0.874 bits per heavy atom. The van der Waals surface area contributed by atoms with Crippen LogP contribution >= 0.6 is 0 Å². The van der Waals surface area contributed by atoms with Crippen molar-refractivity contribution in [3.63, 3.8) is 0 Å². The van der Waals surface area contributed by atoms with E-state index in [4.69, 9.17) is 4.42 Å². The number of aryl methyl sites for hydroxylation is 4. The van der Waals surface area contributed by atoms with E-state index >= 15 is 0 Å². The maximum absolute atomic E-state index is 13.2. The van der Waals surface area contributed by atoms with E-state index < -0.39 is 0 Å².